The molecule has 1 aromatic heterocycles. The maximum Gasteiger partial charge on any atom is 0.225 e. The van der Waals surface area contributed by atoms with Crippen molar-refractivity contribution in [3.63, 3.8) is 0 Å². The van der Waals surface area contributed by atoms with Crippen LogP contribution in [0.5, 0.6) is 0 Å². The fraction of sp³-hybridized carbons (Fsp3) is 0.714. The number of nitrogens with zero attached hydrogens (tertiary/aromatic N) is 4. The van der Waals surface area contributed by atoms with E-state index in [1.165, 1.54) is 12.8 Å². The molecule has 0 bridgehead atoms. The number of anilines is 1. The number of aryl methyl sites for hydroxylation is 1. The van der Waals surface area contributed by atoms with Crippen molar-refractivity contribution in [1.82, 2.24) is 14.9 Å². The third-order valence-electron chi connectivity index (χ3n) is 4.09. The van der Waals surface area contributed by atoms with Crippen molar-refractivity contribution in [2.75, 3.05) is 44.3 Å². The molecule has 0 aromatic carbocycles. The molecule has 19 heavy (non-hydrogen) atoms. The van der Waals surface area contributed by atoms with Gasteiger partial charge >= 0.3 is 0 Å². The highest BCUT2D eigenvalue weighted by Gasteiger charge is 2.26. The van der Waals surface area contributed by atoms with Crippen molar-refractivity contribution in [1.29, 1.82) is 0 Å². The van der Waals surface area contributed by atoms with Crippen LogP contribution in [0.3, 0.4) is 0 Å². The molecular formula is C14H22N4O. The summed E-state index contributed by atoms with van der Waals surface area (Å²) in [5.41, 5.74) is 1.04. The first-order valence-electron chi connectivity index (χ1n) is 7.19. The van der Waals surface area contributed by atoms with Crippen LogP contribution in [0, 0.1) is 6.92 Å². The summed E-state index contributed by atoms with van der Waals surface area (Å²) in [5, 5.41) is 0. The molecule has 3 rings (SSSR count). The SMILES string of the molecule is Cc1ccnc(N2CCN(C3CCOCC3)CC2)n1. The molecule has 5 nitrogen and oxygen atoms in total. The number of ether oxygens (including phenoxy) is 1. The van der Waals surface area contributed by atoms with E-state index in [4.69, 9.17) is 4.74 Å². The molecule has 3 heterocycles. The molecule has 2 aliphatic rings. The number of piperazine rings is 1. The zero-order valence-electron chi connectivity index (χ0n) is 11.6. The van der Waals surface area contributed by atoms with Crippen LogP contribution in [0.1, 0.15) is 18.5 Å². The zero-order chi connectivity index (χ0) is 13.1. The molecule has 0 saturated carbocycles. The lowest BCUT2D eigenvalue weighted by Crippen LogP contribution is -2.52. The lowest BCUT2D eigenvalue weighted by atomic mass is 10.1. The van der Waals surface area contributed by atoms with Gasteiger partial charge in [-0.1, -0.05) is 0 Å². The van der Waals surface area contributed by atoms with Crippen LogP contribution in [0.25, 0.3) is 0 Å². The van der Waals surface area contributed by atoms with Crippen molar-refractivity contribution >= 4 is 5.95 Å². The number of hydrogen-bond donors (Lipinski definition) is 0. The highest BCUT2D eigenvalue weighted by Crippen LogP contribution is 2.18. The first-order valence-corrected chi connectivity index (χ1v) is 7.19. The van der Waals surface area contributed by atoms with E-state index in [1.54, 1.807) is 0 Å². The molecule has 0 unspecified atom stereocenters. The van der Waals surface area contributed by atoms with Crippen LogP contribution in [-0.4, -0.2) is 60.3 Å². The number of hydrogen-bond acceptors (Lipinski definition) is 5. The Labute approximate surface area is 114 Å². The van der Waals surface area contributed by atoms with E-state index in [2.05, 4.69) is 19.8 Å². The predicted octanol–water partition coefficient (Wildman–Crippen LogP) is 1.09. The summed E-state index contributed by atoms with van der Waals surface area (Å²) in [7, 11) is 0. The van der Waals surface area contributed by atoms with Crippen molar-refractivity contribution in [2.45, 2.75) is 25.8 Å². The Bertz CT molecular complexity index is 412. The Hall–Kier alpha value is -1.20. The van der Waals surface area contributed by atoms with Gasteiger partial charge in [-0.25, -0.2) is 9.97 Å². The first-order chi connectivity index (χ1) is 9.33. The van der Waals surface area contributed by atoms with E-state index in [-0.39, 0.29) is 0 Å². The first kappa shape index (κ1) is 12.8. The largest absolute Gasteiger partial charge is 0.381 e. The van der Waals surface area contributed by atoms with Crippen molar-refractivity contribution in [2.24, 2.45) is 0 Å². The molecule has 0 radical (unpaired) electrons. The van der Waals surface area contributed by atoms with Gasteiger partial charge in [0, 0.05) is 57.3 Å². The van der Waals surface area contributed by atoms with Gasteiger partial charge in [0.1, 0.15) is 0 Å². The second-order valence-electron chi connectivity index (χ2n) is 5.36. The minimum Gasteiger partial charge on any atom is -0.381 e. The van der Waals surface area contributed by atoms with E-state index in [0.717, 1.165) is 51.0 Å². The Kier molecular flexibility index (Phi) is 3.94. The Balaban J connectivity index is 1.57. The second-order valence-corrected chi connectivity index (χ2v) is 5.36. The van der Waals surface area contributed by atoms with Crippen LogP contribution in [0.2, 0.25) is 0 Å². The van der Waals surface area contributed by atoms with E-state index in [1.807, 2.05) is 19.2 Å². The summed E-state index contributed by atoms with van der Waals surface area (Å²) in [6, 6.07) is 2.66. The van der Waals surface area contributed by atoms with E-state index >= 15 is 0 Å². The minimum absolute atomic E-state index is 0.717. The maximum atomic E-state index is 5.44. The van der Waals surface area contributed by atoms with Gasteiger partial charge in [0.15, 0.2) is 0 Å². The van der Waals surface area contributed by atoms with Crippen molar-refractivity contribution < 1.29 is 4.74 Å². The lowest BCUT2D eigenvalue weighted by molar-refractivity contribution is 0.0320. The number of aromatic nitrogens is 2. The molecular weight excluding hydrogens is 240 g/mol. The van der Waals surface area contributed by atoms with E-state index in [9.17, 15) is 0 Å². The quantitative estimate of drug-likeness (QED) is 0.798. The van der Waals surface area contributed by atoms with Crippen LogP contribution in [-0.2, 0) is 4.74 Å². The van der Waals surface area contributed by atoms with Gasteiger partial charge in [0.05, 0.1) is 0 Å². The predicted molar refractivity (Wildman–Crippen MR) is 74.4 cm³/mol. The Morgan fingerprint density at radius 3 is 2.58 bits per heavy atom. The van der Waals surface area contributed by atoms with Gasteiger partial charge in [0.2, 0.25) is 5.95 Å². The van der Waals surface area contributed by atoms with E-state index < -0.39 is 0 Å². The smallest absolute Gasteiger partial charge is 0.225 e. The lowest BCUT2D eigenvalue weighted by Gasteiger charge is -2.40. The highest BCUT2D eigenvalue weighted by atomic mass is 16.5. The van der Waals surface area contributed by atoms with Crippen LogP contribution in [0.4, 0.5) is 5.95 Å². The summed E-state index contributed by atoms with van der Waals surface area (Å²) < 4.78 is 5.44. The molecule has 2 aliphatic heterocycles. The Morgan fingerprint density at radius 1 is 1.16 bits per heavy atom. The van der Waals surface area contributed by atoms with Crippen molar-refractivity contribution in [3.05, 3.63) is 18.0 Å². The topological polar surface area (TPSA) is 41.5 Å². The van der Waals surface area contributed by atoms with Crippen LogP contribution >= 0.6 is 0 Å². The van der Waals surface area contributed by atoms with E-state index in [0.29, 0.717) is 6.04 Å². The summed E-state index contributed by atoms with van der Waals surface area (Å²) in [5.74, 6) is 0.881. The van der Waals surface area contributed by atoms with Gasteiger partial charge in [-0.15, -0.1) is 0 Å². The van der Waals surface area contributed by atoms with Gasteiger partial charge < -0.3 is 9.64 Å². The van der Waals surface area contributed by atoms with Gasteiger partial charge in [0.25, 0.3) is 0 Å². The molecule has 0 N–H and O–H groups in total. The second kappa shape index (κ2) is 5.84. The molecule has 0 amide bonds. The zero-order valence-corrected chi connectivity index (χ0v) is 11.6. The summed E-state index contributed by atoms with van der Waals surface area (Å²) in [4.78, 5) is 13.8. The molecule has 0 spiro atoms. The van der Waals surface area contributed by atoms with Gasteiger partial charge in [-0.3, -0.25) is 4.90 Å². The normalized spacial score (nSPS) is 22.7. The third kappa shape index (κ3) is 3.04. The summed E-state index contributed by atoms with van der Waals surface area (Å²) in [6.45, 7) is 8.15. The maximum absolute atomic E-state index is 5.44. The molecule has 104 valence electrons. The van der Waals surface area contributed by atoms with Crippen molar-refractivity contribution in [3.8, 4) is 0 Å². The van der Waals surface area contributed by atoms with Gasteiger partial charge in [-0.2, -0.15) is 0 Å². The average Bonchev–Trinajstić information content (AvgIpc) is 2.48. The minimum atomic E-state index is 0.717. The molecule has 2 saturated heterocycles. The fourth-order valence-corrected chi connectivity index (χ4v) is 2.93. The highest BCUT2D eigenvalue weighted by molar-refractivity contribution is 5.30. The standard InChI is InChI=1S/C14H22N4O/c1-12-2-5-15-14(16-12)18-8-6-17(7-9-18)13-3-10-19-11-4-13/h2,5,13H,3-4,6-11H2,1H3. The summed E-state index contributed by atoms with van der Waals surface area (Å²) >= 11 is 0. The molecule has 5 heteroatoms. The third-order valence-corrected chi connectivity index (χ3v) is 4.09. The monoisotopic (exact) mass is 262 g/mol. The average molecular weight is 262 g/mol. The molecule has 0 atom stereocenters. The summed E-state index contributed by atoms with van der Waals surface area (Å²) in [6.07, 6.45) is 4.21. The Morgan fingerprint density at radius 2 is 1.89 bits per heavy atom. The van der Waals surface area contributed by atoms with Crippen LogP contribution in [0.15, 0.2) is 12.3 Å². The molecule has 1 aromatic rings. The molecule has 0 aliphatic carbocycles. The number of rotatable bonds is 2. The molecule has 2 fully saturated rings. The fourth-order valence-electron chi connectivity index (χ4n) is 2.93. The van der Waals surface area contributed by atoms with Gasteiger partial charge in [-0.05, 0) is 25.8 Å². The van der Waals surface area contributed by atoms with Crippen LogP contribution < -0.4 is 4.90 Å².